The fourth-order valence-electron chi connectivity index (χ4n) is 2.18. The van der Waals surface area contributed by atoms with Crippen molar-refractivity contribution in [3.63, 3.8) is 0 Å². The minimum absolute atomic E-state index is 0.166. The number of nitrogens with one attached hydrogen (secondary N) is 1. The first kappa shape index (κ1) is 15.7. The minimum atomic E-state index is 0.166. The molecule has 0 spiro atoms. The smallest absolute Gasteiger partial charge is 0.0766 e. The van der Waals surface area contributed by atoms with Gasteiger partial charge in [0.15, 0.2) is 0 Å². The largest absolute Gasteiger partial charge is 0.311 e. The molecule has 0 aromatic carbocycles. The summed E-state index contributed by atoms with van der Waals surface area (Å²) in [6.07, 6.45) is 3.60. The van der Waals surface area contributed by atoms with Crippen LogP contribution in [0.5, 0.6) is 0 Å². The molecule has 0 aliphatic rings. The standard InChI is InChI=1S/C14H18Br2N4/c1-4-10-14(16)13(20(3)19-10)7-12(17-2)11-6-5-9(15)8-18-11/h5-6,8,12,17H,4,7H2,1-3H3. The maximum Gasteiger partial charge on any atom is 0.0766 e. The predicted octanol–water partition coefficient (Wildman–Crippen LogP) is 3.41. The van der Waals surface area contributed by atoms with Crippen LogP contribution in [-0.2, 0) is 19.9 Å². The monoisotopic (exact) mass is 400 g/mol. The highest BCUT2D eigenvalue weighted by Crippen LogP contribution is 2.26. The van der Waals surface area contributed by atoms with E-state index in [-0.39, 0.29) is 6.04 Å². The van der Waals surface area contributed by atoms with E-state index >= 15 is 0 Å². The van der Waals surface area contributed by atoms with Gasteiger partial charge in [-0.25, -0.2) is 0 Å². The molecule has 20 heavy (non-hydrogen) atoms. The van der Waals surface area contributed by atoms with E-state index in [1.54, 1.807) is 0 Å². The Bertz CT molecular complexity index is 578. The molecular formula is C14H18Br2N4. The van der Waals surface area contributed by atoms with Crippen LogP contribution in [0.3, 0.4) is 0 Å². The first-order valence-electron chi connectivity index (χ1n) is 6.55. The van der Waals surface area contributed by atoms with Crippen LogP contribution < -0.4 is 5.32 Å². The van der Waals surface area contributed by atoms with Gasteiger partial charge in [0, 0.05) is 24.1 Å². The Morgan fingerprint density at radius 2 is 2.10 bits per heavy atom. The van der Waals surface area contributed by atoms with Gasteiger partial charge in [0.25, 0.3) is 0 Å². The molecule has 6 heteroatoms. The summed E-state index contributed by atoms with van der Waals surface area (Å²) >= 11 is 7.08. The van der Waals surface area contributed by atoms with Gasteiger partial charge in [0.2, 0.25) is 0 Å². The molecule has 0 amide bonds. The molecular weight excluding hydrogens is 384 g/mol. The molecule has 108 valence electrons. The molecule has 0 radical (unpaired) electrons. The van der Waals surface area contributed by atoms with Gasteiger partial charge in [-0.3, -0.25) is 9.67 Å². The van der Waals surface area contributed by atoms with Gasteiger partial charge in [-0.2, -0.15) is 5.10 Å². The molecule has 0 saturated heterocycles. The normalized spacial score (nSPS) is 12.7. The van der Waals surface area contributed by atoms with E-state index in [1.807, 2.05) is 37.1 Å². The van der Waals surface area contributed by atoms with Gasteiger partial charge >= 0.3 is 0 Å². The Morgan fingerprint density at radius 3 is 2.60 bits per heavy atom. The van der Waals surface area contributed by atoms with Gasteiger partial charge in [-0.05, 0) is 57.5 Å². The van der Waals surface area contributed by atoms with Crippen LogP contribution in [0, 0.1) is 0 Å². The second-order valence-corrected chi connectivity index (χ2v) is 6.34. The zero-order valence-electron chi connectivity index (χ0n) is 11.8. The molecule has 0 bridgehead atoms. The molecule has 2 rings (SSSR count). The Balaban J connectivity index is 2.26. The van der Waals surface area contributed by atoms with Gasteiger partial charge in [0.05, 0.1) is 27.6 Å². The number of hydrogen-bond donors (Lipinski definition) is 1. The van der Waals surface area contributed by atoms with Crippen molar-refractivity contribution in [3.05, 3.63) is 44.4 Å². The van der Waals surface area contributed by atoms with E-state index < -0.39 is 0 Å². The summed E-state index contributed by atoms with van der Waals surface area (Å²) in [4.78, 5) is 4.48. The summed E-state index contributed by atoms with van der Waals surface area (Å²) in [6, 6.07) is 4.22. The molecule has 2 aromatic heterocycles. The lowest BCUT2D eigenvalue weighted by Crippen LogP contribution is -2.21. The van der Waals surface area contributed by atoms with Crippen molar-refractivity contribution in [2.75, 3.05) is 7.05 Å². The van der Waals surface area contributed by atoms with E-state index in [0.717, 1.165) is 33.2 Å². The fourth-order valence-corrected chi connectivity index (χ4v) is 3.20. The third kappa shape index (κ3) is 3.30. The zero-order valence-corrected chi connectivity index (χ0v) is 15.0. The molecule has 0 aliphatic heterocycles. The van der Waals surface area contributed by atoms with Crippen LogP contribution in [0.1, 0.15) is 30.0 Å². The second-order valence-electron chi connectivity index (χ2n) is 4.63. The molecule has 2 aromatic rings. The summed E-state index contributed by atoms with van der Waals surface area (Å²) in [5, 5.41) is 7.87. The molecule has 1 N–H and O–H groups in total. The summed E-state index contributed by atoms with van der Waals surface area (Å²) in [5.74, 6) is 0. The molecule has 2 heterocycles. The first-order chi connectivity index (χ1) is 9.56. The van der Waals surface area contributed by atoms with Gasteiger partial charge in [-0.1, -0.05) is 6.92 Å². The number of halogens is 2. The Kier molecular flexibility index (Phi) is 5.35. The quantitative estimate of drug-likeness (QED) is 0.834. The van der Waals surface area contributed by atoms with E-state index in [1.165, 1.54) is 5.69 Å². The van der Waals surface area contributed by atoms with E-state index in [0.29, 0.717) is 0 Å². The highest BCUT2D eigenvalue weighted by atomic mass is 79.9. The van der Waals surface area contributed by atoms with Crippen LogP contribution >= 0.6 is 31.9 Å². The molecule has 1 unspecified atom stereocenters. The number of hydrogen-bond acceptors (Lipinski definition) is 3. The molecule has 4 nitrogen and oxygen atoms in total. The van der Waals surface area contributed by atoms with Crippen molar-refractivity contribution in [1.29, 1.82) is 0 Å². The van der Waals surface area contributed by atoms with Crippen molar-refractivity contribution in [2.45, 2.75) is 25.8 Å². The Morgan fingerprint density at radius 1 is 1.35 bits per heavy atom. The second kappa shape index (κ2) is 6.83. The molecule has 0 saturated carbocycles. The van der Waals surface area contributed by atoms with Crippen molar-refractivity contribution >= 4 is 31.9 Å². The van der Waals surface area contributed by atoms with Crippen LogP contribution in [0.15, 0.2) is 27.3 Å². The molecule has 1 atom stereocenters. The maximum atomic E-state index is 4.54. The summed E-state index contributed by atoms with van der Waals surface area (Å²) in [5.41, 5.74) is 3.31. The number of aryl methyl sites for hydroxylation is 2. The van der Waals surface area contributed by atoms with Crippen molar-refractivity contribution in [1.82, 2.24) is 20.1 Å². The molecule has 0 aliphatic carbocycles. The van der Waals surface area contributed by atoms with E-state index in [4.69, 9.17) is 0 Å². The first-order valence-corrected chi connectivity index (χ1v) is 8.14. The van der Waals surface area contributed by atoms with Gasteiger partial charge in [-0.15, -0.1) is 0 Å². The zero-order chi connectivity index (χ0) is 14.7. The topological polar surface area (TPSA) is 42.7 Å². The average molecular weight is 402 g/mol. The van der Waals surface area contributed by atoms with Gasteiger partial charge < -0.3 is 5.32 Å². The third-order valence-electron chi connectivity index (χ3n) is 3.36. The molecule has 0 fully saturated rings. The lowest BCUT2D eigenvalue weighted by atomic mass is 10.1. The highest BCUT2D eigenvalue weighted by Gasteiger charge is 2.18. The number of likely N-dealkylation sites (N-methyl/N-ethyl adjacent to an activating group) is 1. The lowest BCUT2D eigenvalue weighted by molar-refractivity contribution is 0.547. The maximum absolute atomic E-state index is 4.54. The summed E-state index contributed by atoms with van der Waals surface area (Å²) in [7, 11) is 3.94. The van der Waals surface area contributed by atoms with Crippen LogP contribution in [0.4, 0.5) is 0 Å². The predicted molar refractivity (Wildman–Crippen MR) is 87.7 cm³/mol. The fraction of sp³-hybridized carbons (Fsp3) is 0.429. The summed E-state index contributed by atoms with van der Waals surface area (Å²) < 4.78 is 4.05. The number of nitrogens with zero attached hydrogens (tertiary/aromatic N) is 3. The lowest BCUT2D eigenvalue weighted by Gasteiger charge is -2.16. The van der Waals surface area contributed by atoms with Gasteiger partial charge in [0.1, 0.15) is 0 Å². The van der Waals surface area contributed by atoms with Crippen LogP contribution in [0.25, 0.3) is 0 Å². The van der Waals surface area contributed by atoms with E-state index in [9.17, 15) is 0 Å². The highest BCUT2D eigenvalue weighted by molar-refractivity contribution is 9.10. The van der Waals surface area contributed by atoms with Crippen molar-refractivity contribution in [2.24, 2.45) is 7.05 Å². The minimum Gasteiger partial charge on any atom is -0.311 e. The van der Waals surface area contributed by atoms with E-state index in [2.05, 4.69) is 54.2 Å². The average Bonchev–Trinajstić information content (AvgIpc) is 2.72. The van der Waals surface area contributed by atoms with Crippen LogP contribution in [0.2, 0.25) is 0 Å². The Labute approximate surface area is 136 Å². The number of rotatable bonds is 5. The van der Waals surface area contributed by atoms with Crippen molar-refractivity contribution in [3.8, 4) is 0 Å². The third-order valence-corrected chi connectivity index (χ3v) is 4.74. The van der Waals surface area contributed by atoms with Crippen molar-refractivity contribution < 1.29 is 0 Å². The summed E-state index contributed by atoms with van der Waals surface area (Å²) in [6.45, 7) is 2.11. The Hall–Kier alpha value is -0.720. The number of pyridine rings is 1. The van der Waals surface area contributed by atoms with Crippen LogP contribution in [-0.4, -0.2) is 21.8 Å². The number of aromatic nitrogens is 3. The SMILES string of the molecule is CCc1nn(C)c(CC(NC)c2ccc(Br)cn2)c1Br.